The number of hydrogen-bond donors (Lipinski definition) is 1. The summed E-state index contributed by atoms with van der Waals surface area (Å²) in [5.41, 5.74) is 5.48. The Morgan fingerprint density at radius 2 is 2.38 bits per heavy atom. The van der Waals surface area contributed by atoms with E-state index in [4.69, 9.17) is 11.0 Å². The van der Waals surface area contributed by atoms with Gasteiger partial charge in [0, 0.05) is 5.75 Å². The predicted molar refractivity (Wildman–Crippen MR) is 52.1 cm³/mol. The molecule has 4 nitrogen and oxygen atoms in total. The minimum Gasteiger partial charge on any atom is -0.468 e. The molecule has 0 aliphatic heterocycles. The van der Waals surface area contributed by atoms with Crippen LogP contribution in [-0.2, 0) is 9.53 Å². The third-order valence-electron chi connectivity index (χ3n) is 1.50. The van der Waals surface area contributed by atoms with Crippen molar-refractivity contribution >= 4 is 17.7 Å². The number of carbonyl (C=O) groups excluding carboxylic acids is 1. The smallest absolute Gasteiger partial charge is 0.323 e. The van der Waals surface area contributed by atoms with Crippen LogP contribution in [0.5, 0.6) is 0 Å². The van der Waals surface area contributed by atoms with E-state index < -0.39 is 12.0 Å². The zero-order chi connectivity index (χ0) is 10.3. The van der Waals surface area contributed by atoms with E-state index in [1.54, 1.807) is 0 Å². The molecule has 5 heteroatoms. The van der Waals surface area contributed by atoms with Crippen molar-refractivity contribution in [3.05, 3.63) is 0 Å². The lowest BCUT2D eigenvalue weighted by Gasteiger charge is -2.10. The molecule has 74 valence electrons. The lowest BCUT2D eigenvalue weighted by molar-refractivity contribution is -0.141. The first-order valence-electron chi connectivity index (χ1n) is 4.00. The average molecular weight is 202 g/mol. The largest absolute Gasteiger partial charge is 0.468 e. The summed E-state index contributed by atoms with van der Waals surface area (Å²) >= 11 is 1.39. The van der Waals surface area contributed by atoms with E-state index in [0.717, 1.165) is 6.42 Å². The van der Waals surface area contributed by atoms with Crippen molar-refractivity contribution in [3.63, 3.8) is 0 Å². The molecular formula is C8H14N2O2S. The number of esters is 1. The molecule has 0 aromatic carbocycles. The van der Waals surface area contributed by atoms with Gasteiger partial charge in [0.05, 0.1) is 18.4 Å². The number of rotatable bonds is 5. The van der Waals surface area contributed by atoms with Crippen LogP contribution in [0.1, 0.15) is 13.3 Å². The molecule has 0 amide bonds. The summed E-state index contributed by atoms with van der Waals surface area (Å²) in [6, 6.07) is 1.49. The monoisotopic (exact) mass is 202 g/mol. The Morgan fingerprint density at radius 1 is 1.77 bits per heavy atom. The molecule has 2 atom stereocenters. The molecule has 0 fully saturated rings. The number of thioether (sulfide) groups is 1. The van der Waals surface area contributed by atoms with Crippen LogP contribution < -0.4 is 5.73 Å². The van der Waals surface area contributed by atoms with Crippen molar-refractivity contribution in [1.29, 1.82) is 5.26 Å². The lowest BCUT2D eigenvalue weighted by atomic mass is 10.4. The Hall–Kier alpha value is -0.730. The van der Waals surface area contributed by atoms with E-state index in [0.29, 0.717) is 5.75 Å². The Labute approximate surface area is 82.4 Å². The maximum absolute atomic E-state index is 10.9. The molecule has 13 heavy (non-hydrogen) atoms. The number of nitrogens with two attached hydrogens (primary N) is 1. The summed E-state index contributed by atoms with van der Waals surface area (Å²) in [7, 11) is 1.30. The summed E-state index contributed by atoms with van der Waals surface area (Å²) < 4.78 is 4.45. The van der Waals surface area contributed by atoms with E-state index in [1.807, 2.05) is 6.92 Å². The molecule has 0 bridgehead atoms. The van der Waals surface area contributed by atoms with Crippen LogP contribution >= 0.6 is 11.8 Å². The Balaban J connectivity index is 3.75. The van der Waals surface area contributed by atoms with Crippen molar-refractivity contribution in [3.8, 4) is 6.07 Å². The van der Waals surface area contributed by atoms with Crippen molar-refractivity contribution in [2.75, 3.05) is 12.9 Å². The van der Waals surface area contributed by atoms with Crippen LogP contribution in [0.25, 0.3) is 0 Å². The molecule has 0 spiro atoms. The number of nitriles is 1. The molecule has 0 saturated heterocycles. The molecule has 0 radical (unpaired) electrons. The molecule has 0 saturated carbocycles. The van der Waals surface area contributed by atoms with Gasteiger partial charge in [0.1, 0.15) is 6.04 Å². The molecular weight excluding hydrogens is 188 g/mol. The second-order valence-corrected chi connectivity index (χ2v) is 3.72. The maximum Gasteiger partial charge on any atom is 0.323 e. The number of ether oxygens (including phenoxy) is 1. The molecule has 2 unspecified atom stereocenters. The van der Waals surface area contributed by atoms with Crippen LogP contribution in [0.2, 0.25) is 0 Å². The van der Waals surface area contributed by atoms with Crippen molar-refractivity contribution in [1.82, 2.24) is 0 Å². The summed E-state index contributed by atoms with van der Waals surface area (Å²) in [5, 5.41) is 8.52. The highest BCUT2D eigenvalue weighted by molar-refractivity contribution is 8.00. The van der Waals surface area contributed by atoms with E-state index in [-0.39, 0.29) is 5.25 Å². The summed E-state index contributed by atoms with van der Waals surface area (Å²) in [4.78, 5) is 10.9. The number of carbonyl (C=O) groups is 1. The van der Waals surface area contributed by atoms with Gasteiger partial charge in [-0.2, -0.15) is 5.26 Å². The first kappa shape index (κ1) is 12.3. The molecule has 0 aliphatic carbocycles. The highest BCUT2D eigenvalue weighted by atomic mass is 32.2. The van der Waals surface area contributed by atoms with Gasteiger partial charge in [0.25, 0.3) is 0 Å². The van der Waals surface area contributed by atoms with Crippen molar-refractivity contribution < 1.29 is 9.53 Å². The van der Waals surface area contributed by atoms with Crippen LogP contribution in [0.3, 0.4) is 0 Å². The second-order valence-electron chi connectivity index (χ2n) is 2.49. The third kappa shape index (κ3) is 4.76. The minimum atomic E-state index is -0.627. The van der Waals surface area contributed by atoms with Gasteiger partial charge in [-0.25, -0.2) is 0 Å². The zero-order valence-corrected chi connectivity index (χ0v) is 8.63. The van der Waals surface area contributed by atoms with Crippen molar-refractivity contribution in [2.24, 2.45) is 5.73 Å². The SMILES string of the molecule is CCC(C#N)SCC(N)C(=O)OC. The van der Waals surface area contributed by atoms with Gasteiger partial charge >= 0.3 is 5.97 Å². The fraction of sp³-hybridized carbons (Fsp3) is 0.750. The molecule has 0 aliphatic rings. The zero-order valence-electron chi connectivity index (χ0n) is 7.82. The van der Waals surface area contributed by atoms with Crippen LogP contribution in [0, 0.1) is 11.3 Å². The lowest BCUT2D eigenvalue weighted by Crippen LogP contribution is -2.34. The van der Waals surface area contributed by atoms with Gasteiger partial charge in [0.2, 0.25) is 0 Å². The van der Waals surface area contributed by atoms with Crippen LogP contribution in [0.4, 0.5) is 0 Å². The third-order valence-corrected chi connectivity index (χ3v) is 2.89. The number of nitrogens with zero attached hydrogens (tertiary/aromatic N) is 1. The second kappa shape index (κ2) is 6.75. The molecule has 0 rings (SSSR count). The fourth-order valence-electron chi connectivity index (χ4n) is 0.686. The average Bonchev–Trinajstić information content (AvgIpc) is 2.17. The number of hydrogen-bond acceptors (Lipinski definition) is 5. The highest BCUT2D eigenvalue weighted by Gasteiger charge is 2.15. The predicted octanol–water partition coefficient (Wildman–Crippen LogP) is 0.522. The van der Waals surface area contributed by atoms with Gasteiger partial charge in [-0.3, -0.25) is 4.79 Å². The summed E-state index contributed by atoms with van der Waals surface area (Å²) in [6.07, 6.45) is 0.759. The van der Waals surface area contributed by atoms with E-state index in [2.05, 4.69) is 10.8 Å². The van der Waals surface area contributed by atoms with E-state index in [9.17, 15) is 4.79 Å². The van der Waals surface area contributed by atoms with E-state index in [1.165, 1.54) is 18.9 Å². The highest BCUT2D eigenvalue weighted by Crippen LogP contribution is 2.14. The summed E-state index contributed by atoms with van der Waals surface area (Å²) in [5.74, 6) is -0.000979. The van der Waals surface area contributed by atoms with Gasteiger partial charge < -0.3 is 10.5 Å². The Morgan fingerprint density at radius 3 is 2.77 bits per heavy atom. The molecule has 0 aromatic heterocycles. The minimum absolute atomic E-state index is 0.0873. The topological polar surface area (TPSA) is 76.1 Å². The Bertz CT molecular complexity index is 203. The fourth-order valence-corrected chi connectivity index (χ4v) is 1.57. The first-order chi connectivity index (χ1) is 6.15. The summed E-state index contributed by atoms with van der Waals surface area (Å²) in [6.45, 7) is 1.92. The van der Waals surface area contributed by atoms with E-state index >= 15 is 0 Å². The van der Waals surface area contributed by atoms with Gasteiger partial charge in [-0.1, -0.05) is 6.92 Å². The van der Waals surface area contributed by atoms with Crippen LogP contribution in [0.15, 0.2) is 0 Å². The standard InChI is InChI=1S/C8H14N2O2S/c1-3-6(4-9)13-5-7(10)8(11)12-2/h6-7H,3,5,10H2,1-2H3. The Kier molecular flexibility index (Phi) is 6.37. The van der Waals surface area contributed by atoms with Gasteiger partial charge in [-0.15, -0.1) is 11.8 Å². The number of methoxy groups -OCH3 is 1. The molecule has 0 heterocycles. The normalized spacial score (nSPS) is 14.3. The van der Waals surface area contributed by atoms with Gasteiger partial charge in [-0.05, 0) is 6.42 Å². The van der Waals surface area contributed by atoms with Crippen molar-refractivity contribution in [2.45, 2.75) is 24.6 Å². The van der Waals surface area contributed by atoms with Crippen LogP contribution in [-0.4, -0.2) is 30.1 Å². The first-order valence-corrected chi connectivity index (χ1v) is 5.05. The molecule has 0 aromatic rings. The molecule has 2 N–H and O–H groups in total. The quantitative estimate of drug-likeness (QED) is 0.658. The van der Waals surface area contributed by atoms with Gasteiger partial charge in [0.15, 0.2) is 0 Å². The maximum atomic E-state index is 10.9.